The second-order valence-corrected chi connectivity index (χ2v) is 5.35. The highest BCUT2D eigenvalue weighted by Gasteiger charge is 2.28. The highest BCUT2D eigenvalue weighted by Crippen LogP contribution is 2.21. The molecule has 0 unspecified atom stereocenters. The predicted octanol–water partition coefficient (Wildman–Crippen LogP) is 2.88. The number of phenols is 2. The van der Waals surface area contributed by atoms with E-state index in [9.17, 15) is 19.8 Å². The van der Waals surface area contributed by atoms with Crippen molar-refractivity contribution in [1.29, 1.82) is 0 Å². The lowest BCUT2D eigenvalue weighted by molar-refractivity contribution is -0.116. The molecule has 0 radical (unpaired) electrons. The van der Waals surface area contributed by atoms with Gasteiger partial charge in [-0.3, -0.25) is 9.59 Å². The molecule has 1 aliphatic carbocycles. The molecule has 6 heteroatoms. The molecule has 2 aromatic carbocycles. The topological polar surface area (TPSA) is 99.3 Å². The molecule has 0 saturated heterocycles. The number of ketones is 2. The normalized spacial score (nSPS) is 18.3. The fourth-order valence-electron chi connectivity index (χ4n) is 2.28. The number of carbonyl (C=O) groups is 2. The highest BCUT2D eigenvalue weighted by atomic mass is 16.3. The fraction of sp³-hybridized carbons (Fsp3) is 0.111. The van der Waals surface area contributed by atoms with Gasteiger partial charge in [-0.2, -0.15) is 0 Å². The Morgan fingerprint density at radius 1 is 0.625 bits per heavy atom. The molecular formula is C18H14N2O4. The summed E-state index contributed by atoms with van der Waals surface area (Å²) in [5.74, 6) is -0.290. The lowest BCUT2D eigenvalue weighted by Crippen LogP contribution is -2.32. The van der Waals surface area contributed by atoms with Crippen molar-refractivity contribution >= 4 is 34.4 Å². The summed E-state index contributed by atoms with van der Waals surface area (Å²) in [5.41, 5.74) is 1.39. The van der Waals surface area contributed by atoms with Crippen LogP contribution in [0.4, 0.5) is 11.4 Å². The summed E-state index contributed by atoms with van der Waals surface area (Å²) in [6.45, 7) is 0. The van der Waals surface area contributed by atoms with E-state index in [4.69, 9.17) is 0 Å². The SMILES string of the molecule is O=C1CC(=Nc2ccc(O)cc2)C(=O)CC1=Nc1ccc(O)cc1. The van der Waals surface area contributed by atoms with Crippen LogP contribution >= 0.6 is 0 Å². The first-order chi connectivity index (χ1) is 11.5. The highest BCUT2D eigenvalue weighted by molar-refractivity contribution is 6.61. The summed E-state index contributed by atoms with van der Waals surface area (Å²) in [6, 6.07) is 12.1. The van der Waals surface area contributed by atoms with Crippen LogP contribution in [0.25, 0.3) is 0 Å². The average Bonchev–Trinajstić information content (AvgIpc) is 2.56. The summed E-state index contributed by atoms with van der Waals surface area (Å²) >= 11 is 0. The van der Waals surface area contributed by atoms with Crippen molar-refractivity contribution < 1.29 is 19.8 Å². The Hall–Kier alpha value is -3.28. The quantitative estimate of drug-likeness (QED) is 0.888. The Labute approximate surface area is 137 Å². The van der Waals surface area contributed by atoms with Crippen molar-refractivity contribution in [3.8, 4) is 11.5 Å². The molecule has 0 heterocycles. The number of Topliss-reactive ketones (excluding diaryl/α,β-unsaturated/α-hetero) is 2. The van der Waals surface area contributed by atoms with E-state index in [0.29, 0.717) is 11.4 Å². The maximum atomic E-state index is 12.2. The van der Waals surface area contributed by atoms with E-state index in [0.717, 1.165) is 0 Å². The zero-order valence-electron chi connectivity index (χ0n) is 12.6. The number of benzene rings is 2. The van der Waals surface area contributed by atoms with Crippen LogP contribution in [0.5, 0.6) is 11.5 Å². The second kappa shape index (κ2) is 6.45. The molecule has 0 aliphatic heterocycles. The van der Waals surface area contributed by atoms with Crippen LogP contribution in [-0.2, 0) is 9.59 Å². The number of aliphatic imine (C=N–C) groups is 2. The van der Waals surface area contributed by atoms with Gasteiger partial charge >= 0.3 is 0 Å². The first kappa shape index (κ1) is 15.6. The molecule has 3 rings (SSSR count). The smallest absolute Gasteiger partial charge is 0.183 e. The van der Waals surface area contributed by atoms with Crippen LogP contribution in [-0.4, -0.2) is 33.2 Å². The first-order valence-electron chi connectivity index (χ1n) is 7.31. The molecule has 1 fully saturated rings. The van der Waals surface area contributed by atoms with E-state index in [1.54, 1.807) is 24.3 Å². The Kier molecular flexibility index (Phi) is 4.20. The van der Waals surface area contributed by atoms with E-state index >= 15 is 0 Å². The molecule has 0 aromatic heterocycles. The molecule has 24 heavy (non-hydrogen) atoms. The van der Waals surface area contributed by atoms with Gasteiger partial charge in [0.1, 0.15) is 11.5 Å². The molecule has 0 bridgehead atoms. The number of rotatable bonds is 2. The minimum atomic E-state index is -0.250. The van der Waals surface area contributed by atoms with Gasteiger partial charge in [0, 0.05) is 0 Å². The monoisotopic (exact) mass is 322 g/mol. The van der Waals surface area contributed by atoms with Crippen molar-refractivity contribution in [1.82, 2.24) is 0 Å². The van der Waals surface area contributed by atoms with E-state index < -0.39 is 0 Å². The molecule has 6 nitrogen and oxygen atoms in total. The number of aromatic hydroxyl groups is 2. The Morgan fingerprint density at radius 3 is 1.29 bits per heavy atom. The van der Waals surface area contributed by atoms with E-state index in [1.807, 2.05) is 0 Å². The second-order valence-electron chi connectivity index (χ2n) is 5.35. The van der Waals surface area contributed by atoms with Crippen LogP contribution in [0.1, 0.15) is 12.8 Å². The molecule has 120 valence electrons. The van der Waals surface area contributed by atoms with E-state index in [1.165, 1.54) is 24.3 Å². The minimum Gasteiger partial charge on any atom is -0.508 e. The van der Waals surface area contributed by atoms with Gasteiger partial charge in [0.05, 0.1) is 35.6 Å². The third-order valence-corrected chi connectivity index (χ3v) is 3.53. The minimum absolute atomic E-state index is 0.101. The van der Waals surface area contributed by atoms with Crippen LogP contribution in [0.2, 0.25) is 0 Å². The Balaban J connectivity index is 1.81. The summed E-state index contributed by atoms with van der Waals surface area (Å²) < 4.78 is 0. The lowest BCUT2D eigenvalue weighted by atomic mass is 9.93. The number of hydrogen-bond donors (Lipinski definition) is 2. The Morgan fingerprint density at radius 2 is 0.958 bits per heavy atom. The largest absolute Gasteiger partial charge is 0.508 e. The van der Waals surface area contributed by atoms with Gasteiger partial charge in [0.15, 0.2) is 11.6 Å². The maximum Gasteiger partial charge on any atom is 0.183 e. The molecule has 1 saturated carbocycles. The summed E-state index contributed by atoms with van der Waals surface area (Å²) in [7, 11) is 0. The van der Waals surface area contributed by atoms with Crippen LogP contribution < -0.4 is 0 Å². The first-order valence-corrected chi connectivity index (χ1v) is 7.31. The van der Waals surface area contributed by atoms with Crippen molar-refractivity contribution in [2.24, 2.45) is 9.98 Å². The number of phenolic OH excluding ortho intramolecular Hbond substituents is 2. The Bertz CT molecular complexity index is 776. The number of nitrogens with zero attached hydrogens (tertiary/aromatic N) is 2. The van der Waals surface area contributed by atoms with Gasteiger partial charge in [0.25, 0.3) is 0 Å². The number of hydrogen-bond acceptors (Lipinski definition) is 6. The van der Waals surface area contributed by atoms with Gasteiger partial charge in [-0.25, -0.2) is 9.98 Å². The van der Waals surface area contributed by atoms with Gasteiger partial charge < -0.3 is 10.2 Å². The lowest BCUT2D eigenvalue weighted by Gasteiger charge is -2.13. The van der Waals surface area contributed by atoms with Gasteiger partial charge in [-0.05, 0) is 48.5 Å². The molecule has 2 aromatic rings. The van der Waals surface area contributed by atoms with Crippen molar-refractivity contribution in [2.75, 3.05) is 0 Å². The summed E-state index contributed by atoms with van der Waals surface area (Å²) in [5, 5.41) is 18.5. The zero-order chi connectivity index (χ0) is 17.1. The fourth-order valence-corrected chi connectivity index (χ4v) is 2.28. The third kappa shape index (κ3) is 3.55. The van der Waals surface area contributed by atoms with Crippen LogP contribution in [0, 0.1) is 0 Å². The molecule has 0 atom stereocenters. The molecule has 0 spiro atoms. The van der Waals surface area contributed by atoms with Gasteiger partial charge in [-0.1, -0.05) is 0 Å². The molecule has 1 aliphatic rings. The maximum absolute atomic E-state index is 12.2. The zero-order valence-corrected chi connectivity index (χ0v) is 12.6. The third-order valence-electron chi connectivity index (χ3n) is 3.53. The average molecular weight is 322 g/mol. The summed E-state index contributed by atoms with van der Waals surface area (Å²) in [6.07, 6.45) is -0.201. The van der Waals surface area contributed by atoms with Crippen molar-refractivity contribution in [2.45, 2.75) is 12.8 Å². The van der Waals surface area contributed by atoms with Crippen molar-refractivity contribution in [3.63, 3.8) is 0 Å². The standard InChI is InChI=1S/C18H14N2O4/c21-13-5-1-11(2-6-13)19-15-9-18(24)16(10-17(15)23)20-12-3-7-14(22)8-4-12/h1-8,21-22H,9-10H2. The van der Waals surface area contributed by atoms with Crippen molar-refractivity contribution in [3.05, 3.63) is 48.5 Å². The number of carbonyl (C=O) groups excluding carboxylic acids is 2. The molecule has 0 amide bonds. The van der Waals surface area contributed by atoms with Crippen LogP contribution in [0.15, 0.2) is 58.5 Å². The van der Waals surface area contributed by atoms with Gasteiger partial charge in [-0.15, -0.1) is 0 Å². The van der Waals surface area contributed by atoms with Gasteiger partial charge in [0.2, 0.25) is 0 Å². The molecule has 2 N–H and O–H groups in total. The molecular weight excluding hydrogens is 308 g/mol. The van der Waals surface area contributed by atoms with E-state index in [-0.39, 0.29) is 47.3 Å². The predicted molar refractivity (Wildman–Crippen MR) is 89.7 cm³/mol. The van der Waals surface area contributed by atoms with E-state index in [2.05, 4.69) is 9.98 Å². The summed E-state index contributed by atoms with van der Waals surface area (Å²) in [4.78, 5) is 32.8. The van der Waals surface area contributed by atoms with Crippen LogP contribution in [0.3, 0.4) is 0 Å².